The molecule has 0 aliphatic heterocycles. The molecular weight excluding hydrogens is 607 g/mol. The van der Waals surface area contributed by atoms with Crippen LogP contribution in [-0.2, 0) is 0 Å². The van der Waals surface area contributed by atoms with Crippen LogP contribution in [0.15, 0.2) is 192 Å². The molecule has 0 saturated heterocycles. The average molecular weight is 638 g/mol. The summed E-state index contributed by atoms with van der Waals surface area (Å²) in [6, 6.07) is 67.5. The fourth-order valence-corrected chi connectivity index (χ4v) is 7.62. The number of para-hydroxylation sites is 2. The summed E-state index contributed by atoms with van der Waals surface area (Å²) in [5.74, 6) is 0. The lowest BCUT2D eigenvalue weighted by atomic mass is 9.97. The lowest BCUT2D eigenvalue weighted by molar-refractivity contribution is 0.670. The van der Waals surface area contributed by atoms with Gasteiger partial charge in [-0.05, 0) is 91.5 Å². The van der Waals surface area contributed by atoms with Gasteiger partial charge in [-0.1, -0.05) is 146 Å². The Morgan fingerprint density at radius 2 is 0.840 bits per heavy atom. The zero-order valence-corrected chi connectivity index (χ0v) is 27.3. The van der Waals surface area contributed by atoms with Crippen molar-refractivity contribution in [2.45, 2.75) is 0 Å². The van der Waals surface area contributed by atoms with E-state index in [4.69, 9.17) is 4.42 Å². The lowest BCUT2D eigenvalue weighted by Gasteiger charge is -2.26. The SMILES string of the molecule is c1ccc2c(-c3ccc(N(c4ccc(-c5cccc6c5oc5ccccc56)cc4)c4ccc5c(ccc6ccccc65)c4)cc3)cccc2c1. The fraction of sp³-hybridized carbons (Fsp3) is 0. The molecule has 0 N–H and O–H groups in total. The molecule has 0 aliphatic carbocycles. The molecule has 0 aliphatic rings. The number of nitrogens with zero attached hydrogens (tertiary/aromatic N) is 1. The largest absolute Gasteiger partial charge is 0.455 e. The Labute approximate surface area is 290 Å². The summed E-state index contributed by atoms with van der Waals surface area (Å²) < 4.78 is 6.39. The van der Waals surface area contributed by atoms with E-state index in [2.05, 4.69) is 181 Å². The highest BCUT2D eigenvalue weighted by atomic mass is 16.3. The molecule has 0 spiro atoms. The Morgan fingerprint density at radius 3 is 1.62 bits per heavy atom. The third-order valence-corrected chi connectivity index (χ3v) is 10.1. The molecule has 10 aromatic rings. The van der Waals surface area contributed by atoms with Crippen LogP contribution in [0.1, 0.15) is 0 Å². The van der Waals surface area contributed by atoms with E-state index < -0.39 is 0 Å². The Bertz CT molecular complexity index is 2860. The standard InChI is InChI=1S/C48H31NO/c1-3-12-40-32(9-1)11-7-15-42(40)34-21-25-37(26-22-34)49(39-29-30-43-36(31-39)20-19-33-10-2-4-13-41(33)43)38-27-23-35(24-28-38)44-16-8-17-46-45-14-5-6-18-47(45)50-48(44)46/h1-31H. The second kappa shape index (κ2) is 11.5. The van der Waals surface area contributed by atoms with Crippen LogP contribution in [-0.4, -0.2) is 0 Å². The number of hydrogen-bond acceptors (Lipinski definition) is 2. The van der Waals surface area contributed by atoms with Gasteiger partial charge in [0.05, 0.1) is 0 Å². The van der Waals surface area contributed by atoms with Crippen molar-refractivity contribution in [1.82, 2.24) is 0 Å². The first kappa shape index (κ1) is 28.4. The van der Waals surface area contributed by atoms with Crippen LogP contribution >= 0.6 is 0 Å². The van der Waals surface area contributed by atoms with E-state index in [-0.39, 0.29) is 0 Å². The summed E-state index contributed by atoms with van der Waals surface area (Å²) in [5.41, 5.74) is 9.77. The van der Waals surface area contributed by atoms with Crippen LogP contribution in [0.3, 0.4) is 0 Å². The molecule has 9 aromatic carbocycles. The van der Waals surface area contributed by atoms with Gasteiger partial charge in [-0.25, -0.2) is 0 Å². The molecule has 234 valence electrons. The minimum atomic E-state index is 0.911. The van der Waals surface area contributed by atoms with Crippen molar-refractivity contribution in [1.29, 1.82) is 0 Å². The van der Waals surface area contributed by atoms with Crippen LogP contribution in [0.25, 0.3) is 76.5 Å². The van der Waals surface area contributed by atoms with Gasteiger partial charge in [-0.2, -0.15) is 0 Å². The van der Waals surface area contributed by atoms with Crippen LogP contribution in [0.5, 0.6) is 0 Å². The fourth-order valence-electron chi connectivity index (χ4n) is 7.62. The van der Waals surface area contributed by atoms with Gasteiger partial charge in [0.2, 0.25) is 0 Å². The van der Waals surface area contributed by atoms with Gasteiger partial charge in [-0.15, -0.1) is 0 Å². The summed E-state index contributed by atoms with van der Waals surface area (Å²) in [5, 5.41) is 9.78. The highest BCUT2D eigenvalue weighted by molar-refractivity contribution is 6.10. The minimum Gasteiger partial charge on any atom is -0.455 e. The summed E-state index contributed by atoms with van der Waals surface area (Å²) in [6.45, 7) is 0. The zero-order valence-electron chi connectivity index (χ0n) is 27.3. The average Bonchev–Trinajstić information content (AvgIpc) is 3.57. The van der Waals surface area contributed by atoms with Crippen molar-refractivity contribution < 1.29 is 4.42 Å². The lowest BCUT2D eigenvalue weighted by Crippen LogP contribution is -2.09. The van der Waals surface area contributed by atoms with Gasteiger partial charge in [0.15, 0.2) is 0 Å². The van der Waals surface area contributed by atoms with E-state index in [1.165, 1.54) is 43.4 Å². The highest BCUT2D eigenvalue weighted by Gasteiger charge is 2.17. The van der Waals surface area contributed by atoms with Gasteiger partial charge in [-0.3, -0.25) is 0 Å². The van der Waals surface area contributed by atoms with Gasteiger partial charge >= 0.3 is 0 Å². The van der Waals surface area contributed by atoms with E-state index in [1.54, 1.807) is 0 Å². The zero-order chi connectivity index (χ0) is 33.0. The normalized spacial score (nSPS) is 11.6. The van der Waals surface area contributed by atoms with Crippen molar-refractivity contribution in [2.75, 3.05) is 4.90 Å². The number of fused-ring (bicyclic) bond motifs is 7. The van der Waals surface area contributed by atoms with Crippen LogP contribution in [0.2, 0.25) is 0 Å². The molecule has 1 aromatic heterocycles. The highest BCUT2D eigenvalue weighted by Crippen LogP contribution is 2.41. The van der Waals surface area contributed by atoms with Crippen molar-refractivity contribution in [2.24, 2.45) is 0 Å². The van der Waals surface area contributed by atoms with Gasteiger partial charge in [0.1, 0.15) is 11.2 Å². The molecule has 0 radical (unpaired) electrons. The van der Waals surface area contributed by atoms with Crippen LogP contribution in [0, 0.1) is 0 Å². The molecule has 0 saturated carbocycles. The predicted octanol–water partition coefficient (Wildman–Crippen LogP) is 13.8. The third-order valence-electron chi connectivity index (χ3n) is 10.1. The van der Waals surface area contributed by atoms with Crippen molar-refractivity contribution in [3.63, 3.8) is 0 Å². The molecule has 1 heterocycles. The quantitative estimate of drug-likeness (QED) is 0.175. The van der Waals surface area contributed by atoms with Crippen LogP contribution in [0.4, 0.5) is 17.1 Å². The maximum absolute atomic E-state index is 6.39. The molecule has 0 amide bonds. The van der Waals surface area contributed by atoms with Crippen molar-refractivity contribution in [3.8, 4) is 22.3 Å². The molecule has 0 atom stereocenters. The summed E-state index contributed by atoms with van der Waals surface area (Å²) in [6.07, 6.45) is 0. The van der Waals surface area contributed by atoms with Gasteiger partial charge < -0.3 is 9.32 Å². The minimum absolute atomic E-state index is 0.911. The smallest absolute Gasteiger partial charge is 0.143 e. The van der Waals surface area contributed by atoms with E-state index in [0.717, 1.165) is 50.1 Å². The molecular formula is C48H31NO. The maximum atomic E-state index is 6.39. The Kier molecular flexibility index (Phi) is 6.53. The van der Waals surface area contributed by atoms with Crippen LogP contribution < -0.4 is 4.90 Å². The second-order valence-corrected chi connectivity index (χ2v) is 12.9. The number of furan rings is 1. The first-order valence-electron chi connectivity index (χ1n) is 17.1. The van der Waals surface area contributed by atoms with Gasteiger partial charge in [0, 0.05) is 33.4 Å². The summed E-state index contributed by atoms with van der Waals surface area (Å²) in [7, 11) is 0. The van der Waals surface area contributed by atoms with E-state index in [0.29, 0.717) is 0 Å². The molecule has 10 rings (SSSR count). The topological polar surface area (TPSA) is 16.4 Å². The number of anilines is 3. The van der Waals surface area contributed by atoms with E-state index >= 15 is 0 Å². The second-order valence-electron chi connectivity index (χ2n) is 12.9. The first-order chi connectivity index (χ1) is 24.8. The molecule has 2 heteroatoms. The predicted molar refractivity (Wildman–Crippen MR) is 212 cm³/mol. The van der Waals surface area contributed by atoms with E-state index in [1.807, 2.05) is 12.1 Å². The number of rotatable bonds is 5. The first-order valence-corrected chi connectivity index (χ1v) is 17.1. The molecule has 2 nitrogen and oxygen atoms in total. The number of benzene rings is 9. The number of hydrogen-bond donors (Lipinski definition) is 0. The molecule has 0 bridgehead atoms. The van der Waals surface area contributed by atoms with Crippen molar-refractivity contribution >= 4 is 71.3 Å². The van der Waals surface area contributed by atoms with Gasteiger partial charge in [0.25, 0.3) is 0 Å². The maximum Gasteiger partial charge on any atom is 0.143 e. The summed E-state index contributed by atoms with van der Waals surface area (Å²) >= 11 is 0. The third kappa shape index (κ3) is 4.65. The molecule has 0 fully saturated rings. The Balaban J connectivity index is 1.10. The monoisotopic (exact) mass is 637 g/mol. The molecule has 50 heavy (non-hydrogen) atoms. The van der Waals surface area contributed by atoms with Crippen molar-refractivity contribution in [3.05, 3.63) is 188 Å². The summed E-state index contributed by atoms with van der Waals surface area (Å²) in [4.78, 5) is 2.35. The Morgan fingerprint density at radius 1 is 0.320 bits per heavy atom. The molecule has 0 unspecified atom stereocenters. The Hall–Kier alpha value is -6.64. The van der Waals surface area contributed by atoms with E-state index in [9.17, 15) is 0 Å².